The molecule has 0 spiro atoms. The van der Waals surface area contributed by atoms with E-state index >= 15 is 0 Å². The molecule has 0 aliphatic carbocycles. The normalized spacial score (nSPS) is 10.1. The van der Waals surface area contributed by atoms with E-state index < -0.39 is 0 Å². The van der Waals surface area contributed by atoms with Gasteiger partial charge >= 0.3 is 0 Å². The smallest absolute Gasteiger partial charge is 0.268 e. The van der Waals surface area contributed by atoms with Crippen molar-refractivity contribution in [3.8, 4) is 17.3 Å². The van der Waals surface area contributed by atoms with Gasteiger partial charge in [-0.2, -0.15) is 5.26 Å². The summed E-state index contributed by atoms with van der Waals surface area (Å²) in [4.78, 5) is 11.8. The second-order valence-electron chi connectivity index (χ2n) is 3.73. The number of hydrogen-bond donors (Lipinski definition) is 0. The molecular weight excluding hydrogens is 271 g/mol. The Kier molecular flexibility index (Phi) is 3.42. The summed E-state index contributed by atoms with van der Waals surface area (Å²) in [6.07, 6.45) is 0. The van der Waals surface area contributed by atoms with E-state index in [0.29, 0.717) is 21.3 Å². The number of pyridine rings is 1. The molecule has 1 aromatic carbocycles. The number of nitriles is 1. The van der Waals surface area contributed by atoms with Crippen molar-refractivity contribution in [3.05, 3.63) is 56.3 Å². The number of rotatable bonds is 1. The van der Waals surface area contributed by atoms with E-state index in [1.54, 1.807) is 31.3 Å². The second-order valence-corrected chi connectivity index (χ2v) is 4.58. The van der Waals surface area contributed by atoms with Crippen LogP contribution in [0.25, 0.3) is 11.3 Å². The van der Waals surface area contributed by atoms with Crippen LogP contribution in [0, 0.1) is 11.3 Å². The third-order valence-corrected chi connectivity index (χ3v) is 3.18. The number of hydrogen-bond acceptors (Lipinski definition) is 2. The summed E-state index contributed by atoms with van der Waals surface area (Å²) < 4.78 is 1.40. The largest absolute Gasteiger partial charge is 0.310 e. The lowest BCUT2D eigenvalue weighted by molar-refractivity contribution is 0.866. The average molecular weight is 279 g/mol. The molecule has 90 valence electrons. The van der Waals surface area contributed by atoms with Gasteiger partial charge in [-0.25, -0.2) is 0 Å². The maximum Gasteiger partial charge on any atom is 0.268 e. The van der Waals surface area contributed by atoms with Gasteiger partial charge in [-0.05, 0) is 30.3 Å². The van der Waals surface area contributed by atoms with Gasteiger partial charge in [-0.15, -0.1) is 0 Å². The van der Waals surface area contributed by atoms with Gasteiger partial charge < -0.3 is 4.57 Å². The highest BCUT2D eigenvalue weighted by molar-refractivity contribution is 6.36. The molecule has 2 aromatic rings. The zero-order valence-electron chi connectivity index (χ0n) is 9.45. The topological polar surface area (TPSA) is 45.8 Å². The molecule has 0 radical (unpaired) electrons. The number of halogens is 2. The molecular formula is C13H8Cl2N2O. The Hall–Kier alpha value is -1.76. The van der Waals surface area contributed by atoms with Crippen LogP contribution >= 0.6 is 23.2 Å². The van der Waals surface area contributed by atoms with Crippen LogP contribution in [-0.4, -0.2) is 4.57 Å². The van der Waals surface area contributed by atoms with Gasteiger partial charge in [-0.1, -0.05) is 23.2 Å². The van der Waals surface area contributed by atoms with Crippen LogP contribution in [0.1, 0.15) is 5.56 Å². The van der Waals surface area contributed by atoms with Gasteiger partial charge in [0.1, 0.15) is 11.6 Å². The maximum atomic E-state index is 11.8. The Morgan fingerprint density at radius 2 is 1.94 bits per heavy atom. The number of aromatic nitrogens is 1. The molecule has 0 aliphatic heterocycles. The van der Waals surface area contributed by atoms with Crippen LogP contribution in [0.3, 0.4) is 0 Å². The van der Waals surface area contributed by atoms with Crippen molar-refractivity contribution in [1.82, 2.24) is 4.57 Å². The molecule has 5 heteroatoms. The molecule has 0 bridgehead atoms. The lowest BCUT2D eigenvalue weighted by Gasteiger charge is -2.10. The molecule has 2 rings (SSSR count). The molecule has 0 saturated heterocycles. The minimum atomic E-state index is -0.346. The third-order valence-electron chi connectivity index (χ3n) is 2.63. The Balaban J connectivity index is 2.70. The first-order chi connectivity index (χ1) is 8.54. The molecule has 0 fully saturated rings. The summed E-state index contributed by atoms with van der Waals surface area (Å²) in [5.74, 6) is 0. The maximum absolute atomic E-state index is 11.8. The van der Waals surface area contributed by atoms with Crippen molar-refractivity contribution in [2.45, 2.75) is 0 Å². The predicted octanol–water partition coefficient (Wildman–Crippen LogP) is 3.23. The lowest BCUT2D eigenvalue weighted by Crippen LogP contribution is -2.20. The van der Waals surface area contributed by atoms with Crippen LogP contribution in [0.2, 0.25) is 10.0 Å². The fraction of sp³-hybridized carbons (Fsp3) is 0.0769. The van der Waals surface area contributed by atoms with E-state index in [2.05, 4.69) is 0 Å². The van der Waals surface area contributed by atoms with Crippen LogP contribution in [0.5, 0.6) is 0 Å². The molecule has 1 heterocycles. The Labute approximate surface area is 114 Å². The molecule has 0 amide bonds. The standard InChI is InChI=1S/C13H8Cl2N2O/c1-17-12(5-2-8(7-16)13(17)18)10-4-3-9(14)6-11(10)15/h2-6H,1H3. The first kappa shape index (κ1) is 12.7. The highest BCUT2D eigenvalue weighted by atomic mass is 35.5. The summed E-state index contributed by atoms with van der Waals surface area (Å²) in [6, 6.07) is 10.1. The lowest BCUT2D eigenvalue weighted by atomic mass is 10.1. The van der Waals surface area contributed by atoms with Gasteiger partial charge in [-0.3, -0.25) is 4.79 Å². The highest BCUT2D eigenvalue weighted by Gasteiger charge is 2.10. The molecule has 18 heavy (non-hydrogen) atoms. The van der Waals surface area contributed by atoms with Crippen molar-refractivity contribution in [2.75, 3.05) is 0 Å². The van der Waals surface area contributed by atoms with Crippen LogP contribution in [-0.2, 0) is 7.05 Å². The second kappa shape index (κ2) is 4.85. The van der Waals surface area contributed by atoms with E-state index in [0.717, 1.165) is 0 Å². The minimum Gasteiger partial charge on any atom is -0.310 e. The molecule has 1 aromatic heterocycles. The van der Waals surface area contributed by atoms with Crippen molar-refractivity contribution in [2.24, 2.45) is 7.05 Å². The van der Waals surface area contributed by atoms with Gasteiger partial charge in [0.05, 0.1) is 10.7 Å². The molecule has 0 aliphatic rings. The summed E-state index contributed by atoms with van der Waals surface area (Å²) in [5, 5.41) is 9.78. The van der Waals surface area contributed by atoms with Gasteiger partial charge in [0.15, 0.2) is 0 Å². The average Bonchev–Trinajstić information content (AvgIpc) is 2.34. The van der Waals surface area contributed by atoms with Crippen LogP contribution in [0.15, 0.2) is 35.1 Å². The zero-order valence-corrected chi connectivity index (χ0v) is 11.0. The number of nitrogens with zero attached hydrogens (tertiary/aromatic N) is 2. The SMILES string of the molecule is Cn1c(-c2ccc(Cl)cc2Cl)ccc(C#N)c1=O. The van der Waals surface area contributed by atoms with Crippen molar-refractivity contribution >= 4 is 23.2 Å². The molecule has 3 nitrogen and oxygen atoms in total. The molecule has 0 saturated carbocycles. The molecule has 0 unspecified atom stereocenters. The van der Waals surface area contributed by atoms with Crippen molar-refractivity contribution in [3.63, 3.8) is 0 Å². The number of benzene rings is 1. The Morgan fingerprint density at radius 3 is 2.56 bits per heavy atom. The highest BCUT2D eigenvalue weighted by Crippen LogP contribution is 2.29. The van der Waals surface area contributed by atoms with Crippen LogP contribution in [0.4, 0.5) is 0 Å². The predicted molar refractivity (Wildman–Crippen MR) is 71.9 cm³/mol. The molecule has 0 atom stereocenters. The Morgan fingerprint density at radius 1 is 1.22 bits per heavy atom. The van der Waals surface area contributed by atoms with E-state index in [1.807, 2.05) is 6.07 Å². The Bertz CT molecular complexity index is 714. The van der Waals surface area contributed by atoms with E-state index in [1.165, 1.54) is 10.6 Å². The summed E-state index contributed by atoms with van der Waals surface area (Å²) in [7, 11) is 1.60. The van der Waals surface area contributed by atoms with Gasteiger partial charge in [0.25, 0.3) is 5.56 Å². The quantitative estimate of drug-likeness (QED) is 0.804. The summed E-state index contributed by atoms with van der Waals surface area (Å²) in [5.41, 5.74) is 1.10. The zero-order chi connectivity index (χ0) is 13.3. The van der Waals surface area contributed by atoms with Crippen LogP contribution < -0.4 is 5.56 Å². The third kappa shape index (κ3) is 2.13. The van der Waals surface area contributed by atoms with E-state index in [9.17, 15) is 4.79 Å². The minimum absolute atomic E-state index is 0.103. The van der Waals surface area contributed by atoms with Gasteiger partial charge in [0, 0.05) is 17.6 Å². The van der Waals surface area contributed by atoms with Crippen molar-refractivity contribution < 1.29 is 0 Å². The summed E-state index contributed by atoms with van der Waals surface area (Å²) in [6.45, 7) is 0. The first-order valence-electron chi connectivity index (χ1n) is 5.10. The van der Waals surface area contributed by atoms with E-state index in [4.69, 9.17) is 28.5 Å². The molecule has 0 N–H and O–H groups in total. The van der Waals surface area contributed by atoms with Crippen molar-refractivity contribution in [1.29, 1.82) is 5.26 Å². The summed E-state index contributed by atoms with van der Waals surface area (Å²) >= 11 is 11.9. The monoisotopic (exact) mass is 278 g/mol. The first-order valence-corrected chi connectivity index (χ1v) is 5.85. The fourth-order valence-corrected chi connectivity index (χ4v) is 2.19. The van der Waals surface area contributed by atoms with Gasteiger partial charge in [0.2, 0.25) is 0 Å². The fourth-order valence-electron chi connectivity index (χ4n) is 1.69. The van der Waals surface area contributed by atoms with E-state index in [-0.39, 0.29) is 11.1 Å².